The van der Waals surface area contributed by atoms with Crippen LogP contribution in [0.15, 0.2) is 12.1 Å². The van der Waals surface area contributed by atoms with Crippen molar-refractivity contribution in [3.05, 3.63) is 34.4 Å². The molecule has 0 fully saturated rings. The van der Waals surface area contributed by atoms with Gasteiger partial charge >= 0.3 is 0 Å². The number of hydrogen-bond acceptors (Lipinski definition) is 0. The van der Waals surface area contributed by atoms with Crippen LogP contribution in [0.2, 0.25) is 0 Å². The molecular formula is C18H28. The highest BCUT2D eigenvalue weighted by molar-refractivity contribution is 5.49. The van der Waals surface area contributed by atoms with E-state index in [0.717, 1.165) is 5.92 Å². The molecule has 1 aromatic rings. The van der Waals surface area contributed by atoms with Crippen LogP contribution in [0.4, 0.5) is 0 Å². The Balaban J connectivity index is 2.77. The van der Waals surface area contributed by atoms with E-state index in [4.69, 9.17) is 0 Å². The Morgan fingerprint density at radius 3 is 2.33 bits per heavy atom. The predicted octanol–water partition coefficient (Wildman–Crippen LogP) is 5.29. The van der Waals surface area contributed by atoms with Gasteiger partial charge in [-0.15, -0.1) is 0 Å². The summed E-state index contributed by atoms with van der Waals surface area (Å²) in [6.07, 6.45) is 2.55. The lowest BCUT2D eigenvalue weighted by atomic mass is 9.56. The lowest BCUT2D eigenvalue weighted by molar-refractivity contribution is 0.216. The van der Waals surface area contributed by atoms with Gasteiger partial charge < -0.3 is 0 Å². The molecule has 0 nitrogen and oxygen atoms in total. The fourth-order valence-corrected chi connectivity index (χ4v) is 3.90. The van der Waals surface area contributed by atoms with Crippen LogP contribution in [-0.2, 0) is 10.8 Å². The first-order valence-electron chi connectivity index (χ1n) is 7.34. The number of aryl methyl sites for hydroxylation is 2. The molecule has 0 saturated heterocycles. The van der Waals surface area contributed by atoms with E-state index in [2.05, 4.69) is 60.6 Å². The molecule has 0 amide bonds. The van der Waals surface area contributed by atoms with Crippen molar-refractivity contribution in [2.24, 2.45) is 5.92 Å². The molecule has 100 valence electrons. The largest absolute Gasteiger partial charge is 0.0645 e. The predicted molar refractivity (Wildman–Crippen MR) is 80.4 cm³/mol. The molecule has 18 heavy (non-hydrogen) atoms. The highest BCUT2D eigenvalue weighted by atomic mass is 14.5. The molecule has 0 bridgehead atoms. The third-order valence-electron chi connectivity index (χ3n) is 5.55. The number of fused-ring (bicyclic) bond motifs is 1. The maximum atomic E-state index is 2.46. The molecule has 0 N–H and O–H groups in total. The average molecular weight is 244 g/mol. The van der Waals surface area contributed by atoms with Gasteiger partial charge in [0.05, 0.1) is 0 Å². The summed E-state index contributed by atoms with van der Waals surface area (Å²) >= 11 is 0. The van der Waals surface area contributed by atoms with Gasteiger partial charge in [-0.3, -0.25) is 0 Å². The quantitative estimate of drug-likeness (QED) is 0.630. The molecule has 0 aromatic heterocycles. The summed E-state index contributed by atoms with van der Waals surface area (Å²) in [5.74, 6) is 0.746. The molecule has 0 radical (unpaired) electrons. The molecule has 0 heteroatoms. The van der Waals surface area contributed by atoms with E-state index < -0.39 is 0 Å². The Hall–Kier alpha value is -0.780. The van der Waals surface area contributed by atoms with Crippen molar-refractivity contribution in [3.8, 4) is 0 Å². The molecule has 0 saturated carbocycles. The first kappa shape index (κ1) is 13.6. The standard InChI is InChI=1S/C18H28/c1-8-18(7)11-14(4)17(5,6)15-10-12(2)9-13(3)16(15)18/h9-10,14H,8,11H2,1-7H3. The van der Waals surface area contributed by atoms with Crippen molar-refractivity contribution in [1.29, 1.82) is 0 Å². The van der Waals surface area contributed by atoms with Gasteiger partial charge in [0.2, 0.25) is 0 Å². The van der Waals surface area contributed by atoms with E-state index in [0.29, 0.717) is 10.8 Å². The Morgan fingerprint density at radius 2 is 1.78 bits per heavy atom. The molecular weight excluding hydrogens is 216 g/mol. The van der Waals surface area contributed by atoms with E-state index in [9.17, 15) is 0 Å². The van der Waals surface area contributed by atoms with Crippen LogP contribution in [0.1, 0.15) is 69.7 Å². The fourth-order valence-electron chi connectivity index (χ4n) is 3.90. The molecule has 1 aromatic carbocycles. The van der Waals surface area contributed by atoms with Gasteiger partial charge in [-0.25, -0.2) is 0 Å². The van der Waals surface area contributed by atoms with Crippen LogP contribution in [0.25, 0.3) is 0 Å². The van der Waals surface area contributed by atoms with Gasteiger partial charge in [0.15, 0.2) is 0 Å². The third kappa shape index (κ3) is 1.81. The van der Waals surface area contributed by atoms with Crippen molar-refractivity contribution >= 4 is 0 Å². The Bertz CT molecular complexity index is 467. The molecule has 2 unspecified atom stereocenters. The fraction of sp³-hybridized carbons (Fsp3) is 0.667. The van der Waals surface area contributed by atoms with E-state index in [1.807, 2.05) is 0 Å². The molecule has 2 rings (SSSR count). The van der Waals surface area contributed by atoms with Crippen molar-refractivity contribution in [2.75, 3.05) is 0 Å². The van der Waals surface area contributed by atoms with Gasteiger partial charge in [0, 0.05) is 0 Å². The smallest absolute Gasteiger partial charge is 0.00695 e. The van der Waals surface area contributed by atoms with Crippen molar-refractivity contribution in [2.45, 2.75) is 72.1 Å². The van der Waals surface area contributed by atoms with Crippen LogP contribution in [-0.4, -0.2) is 0 Å². The summed E-state index contributed by atoms with van der Waals surface area (Å²) in [5.41, 5.74) is 6.81. The summed E-state index contributed by atoms with van der Waals surface area (Å²) in [4.78, 5) is 0. The summed E-state index contributed by atoms with van der Waals surface area (Å²) in [6.45, 7) is 16.6. The summed E-state index contributed by atoms with van der Waals surface area (Å²) in [7, 11) is 0. The minimum absolute atomic E-state index is 0.306. The van der Waals surface area contributed by atoms with Gasteiger partial charge in [-0.1, -0.05) is 52.3 Å². The minimum Gasteiger partial charge on any atom is -0.0645 e. The maximum Gasteiger partial charge on any atom is -0.00695 e. The second-order valence-electron chi connectivity index (χ2n) is 7.25. The lowest BCUT2D eigenvalue weighted by Gasteiger charge is -2.48. The SMILES string of the molecule is CCC1(C)CC(C)C(C)(C)c2cc(C)cc(C)c21. The van der Waals surface area contributed by atoms with Crippen molar-refractivity contribution in [1.82, 2.24) is 0 Å². The normalized spacial score (nSPS) is 30.1. The topological polar surface area (TPSA) is 0 Å². The van der Waals surface area contributed by atoms with E-state index in [-0.39, 0.29) is 0 Å². The molecule has 0 aliphatic heterocycles. The van der Waals surface area contributed by atoms with Gasteiger partial charge in [0.1, 0.15) is 0 Å². The first-order chi connectivity index (χ1) is 8.22. The summed E-state index contributed by atoms with van der Waals surface area (Å²) in [5, 5.41) is 0. The molecule has 2 atom stereocenters. The van der Waals surface area contributed by atoms with Gasteiger partial charge in [-0.05, 0) is 60.1 Å². The second-order valence-corrected chi connectivity index (χ2v) is 7.25. The average Bonchev–Trinajstić information content (AvgIpc) is 2.25. The van der Waals surface area contributed by atoms with Crippen molar-refractivity contribution < 1.29 is 0 Å². The summed E-state index contributed by atoms with van der Waals surface area (Å²) in [6, 6.07) is 4.80. The highest BCUT2D eigenvalue weighted by Crippen LogP contribution is 2.51. The summed E-state index contributed by atoms with van der Waals surface area (Å²) < 4.78 is 0. The van der Waals surface area contributed by atoms with E-state index in [1.54, 1.807) is 11.1 Å². The maximum absolute atomic E-state index is 2.46. The molecule has 0 heterocycles. The second kappa shape index (κ2) is 4.11. The number of benzene rings is 1. The first-order valence-corrected chi connectivity index (χ1v) is 7.34. The zero-order valence-corrected chi connectivity index (χ0v) is 13.1. The van der Waals surface area contributed by atoms with E-state index >= 15 is 0 Å². The Labute approximate surface area is 113 Å². The molecule has 1 aliphatic carbocycles. The lowest BCUT2D eigenvalue weighted by Crippen LogP contribution is -2.42. The molecule has 0 spiro atoms. The van der Waals surface area contributed by atoms with Crippen LogP contribution in [0.5, 0.6) is 0 Å². The van der Waals surface area contributed by atoms with Crippen LogP contribution in [0, 0.1) is 19.8 Å². The van der Waals surface area contributed by atoms with Crippen LogP contribution >= 0.6 is 0 Å². The highest BCUT2D eigenvalue weighted by Gasteiger charge is 2.43. The van der Waals surface area contributed by atoms with Crippen LogP contribution < -0.4 is 0 Å². The number of rotatable bonds is 1. The van der Waals surface area contributed by atoms with Crippen LogP contribution in [0.3, 0.4) is 0 Å². The third-order valence-corrected chi connectivity index (χ3v) is 5.55. The van der Waals surface area contributed by atoms with E-state index in [1.165, 1.54) is 24.0 Å². The molecule has 1 aliphatic rings. The monoisotopic (exact) mass is 244 g/mol. The zero-order valence-electron chi connectivity index (χ0n) is 13.1. The van der Waals surface area contributed by atoms with Gasteiger partial charge in [0.25, 0.3) is 0 Å². The van der Waals surface area contributed by atoms with Crippen molar-refractivity contribution in [3.63, 3.8) is 0 Å². The number of hydrogen-bond donors (Lipinski definition) is 0. The zero-order chi connectivity index (χ0) is 13.7. The minimum atomic E-state index is 0.306. The Morgan fingerprint density at radius 1 is 1.17 bits per heavy atom. The van der Waals surface area contributed by atoms with Gasteiger partial charge in [-0.2, -0.15) is 0 Å². The Kier molecular flexibility index (Phi) is 3.12.